The number of aliphatic hydroxyl groups excluding tert-OH is 1. The fourth-order valence-corrected chi connectivity index (χ4v) is 6.38. The molecule has 1 amide bonds. The molecule has 5 aromatic rings. The first-order valence-corrected chi connectivity index (χ1v) is 14.6. The molecule has 1 saturated heterocycles. The van der Waals surface area contributed by atoms with Crippen molar-refractivity contribution < 1.29 is 24.2 Å². The van der Waals surface area contributed by atoms with Gasteiger partial charge in [-0.3, -0.25) is 18.9 Å². The number of unbranched alkanes of at least 4 members (excludes halogenated alkanes) is 1. The van der Waals surface area contributed by atoms with Crippen LogP contribution in [0.25, 0.3) is 21.6 Å². The Morgan fingerprint density at radius 2 is 1.88 bits per heavy atom. The second-order valence-electron chi connectivity index (χ2n) is 10.2. The minimum absolute atomic E-state index is 0.0501. The Labute approximate surface area is 246 Å². The summed E-state index contributed by atoms with van der Waals surface area (Å²) in [6.45, 7) is 6.36. The Morgan fingerprint density at radius 3 is 2.67 bits per heavy atom. The average molecular weight is 583 g/mol. The maximum atomic E-state index is 13.8. The number of amides is 1. The lowest BCUT2D eigenvalue weighted by Gasteiger charge is -2.24. The molecule has 1 atom stereocenters. The van der Waals surface area contributed by atoms with Gasteiger partial charge in [0, 0.05) is 6.20 Å². The number of Topliss-reactive ketones (excluding diaryl/α,β-unsaturated/α-hetero) is 1. The van der Waals surface area contributed by atoms with Gasteiger partial charge in [0.2, 0.25) is 0 Å². The number of ketones is 1. The van der Waals surface area contributed by atoms with Gasteiger partial charge in [-0.25, -0.2) is 9.97 Å². The van der Waals surface area contributed by atoms with Crippen molar-refractivity contribution in [2.45, 2.75) is 39.7 Å². The molecule has 0 radical (unpaired) electrons. The predicted octanol–water partition coefficient (Wildman–Crippen LogP) is 6.37. The molecule has 214 valence electrons. The van der Waals surface area contributed by atoms with E-state index in [0.717, 1.165) is 28.6 Å². The van der Waals surface area contributed by atoms with Crippen molar-refractivity contribution in [3.05, 3.63) is 88.9 Å². The van der Waals surface area contributed by atoms with E-state index in [1.165, 1.54) is 16.2 Å². The summed E-state index contributed by atoms with van der Waals surface area (Å²) in [4.78, 5) is 38.2. The zero-order valence-corrected chi connectivity index (χ0v) is 24.6. The number of hydrogen-bond donors (Lipinski definition) is 1. The van der Waals surface area contributed by atoms with Crippen LogP contribution in [0.4, 0.5) is 5.13 Å². The Bertz CT molecular complexity index is 1890. The van der Waals surface area contributed by atoms with Crippen LogP contribution in [-0.4, -0.2) is 44.9 Å². The van der Waals surface area contributed by atoms with Gasteiger partial charge in [0.15, 0.2) is 22.4 Å². The lowest BCUT2D eigenvalue weighted by Crippen LogP contribution is -2.29. The monoisotopic (exact) mass is 582 g/mol. The fraction of sp³-hybridized carbons (Fsp3) is 0.250. The lowest BCUT2D eigenvalue weighted by molar-refractivity contribution is -0.132. The number of rotatable bonds is 8. The van der Waals surface area contributed by atoms with Crippen molar-refractivity contribution in [2.75, 3.05) is 18.6 Å². The molecule has 6 rings (SSSR count). The highest BCUT2D eigenvalue weighted by molar-refractivity contribution is 7.22. The zero-order valence-electron chi connectivity index (χ0n) is 23.7. The van der Waals surface area contributed by atoms with E-state index >= 15 is 0 Å². The van der Waals surface area contributed by atoms with Crippen LogP contribution in [0.2, 0.25) is 0 Å². The molecule has 0 spiro atoms. The number of anilines is 1. The Balaban J connectivity index is 1.57. The number of nitrogens with zero attached hydrogens (tertiary/aromatic N) is 4. The quantitative estimate of drug-likeness (QED) is 0.0980. The Kier molecular flexibility index (Phi) is 7.16. The van der Waals surface area contributed by atoms with Gasteiger partial charge in [0.05, 0.1) is 41.2 Å². The van der Waals surface area contributed by atoms with E-state index in [9.17, 15) is 14.7 Å². The smallest absolute Gasteiger partial charge is 0.301 e. The van der Waals surface area contributed by atoms with E-state index in [4.69, 9.17) is 14.5 Å². The van der Waals surface area contributed by atoms with Gasteiger partial charge in [-0.05, 0) is 67.8 Å². The third-order valence-electron chi connectivity index (χ3n) is 7.37. The van der Waals surface area contributed by atoms with Gasteiger partial charge in [-0.2, -0.15) is 0 Å². The molecule has 1 aliphatic heterocycles. The van der Waals surface area contributed by atoms with E-state index < -0.39 is 17.7 Å². The number of aromatic nitrogens is 3. The highest BCUT2D eigenvalue weighted by atomic mass is 32.1. The highest BCUT2D eigenvalue weighted by Gasteiger charge is 2.49. The van der Waals surface area contributed by atoms with Crippen molar-refractivity contribution in [3.63, 3.8) is 0 Å². The maximum Gasteiger partial charge on any atom is 0.301 e. The van der Waals surface area contributed by atoms with Gasteiger partial charge < -0.3 is 14.6 Å². The van der Waals surface area contributed by atoms with Crippen molar-refractivity contribution in [1.29, 1.82) is 0 Å². The molecule has 0 aliphatic carbocycles. The molecule has 1 N–H and O–H groups in total. The number of hydrogen-bond acceptors (Lipinski definition) is 8. The third kappa shape index (κ3) is 4.57. The van der Waals surface area contributed by atoms with Gasteiger partial charge in [-0.15, -0.1) is 0 Å². The molecule has 1 aliphatic rings. The van der Waals surface area contributed by atoms with Gasteiger partial charge in [0.1, 0.15) is 11.3 Å². The number of pyridine rings is 1. The van der Waals surface area contributed by atoms with Gasteiger partial charge in [-0.1, -0.05) is 42.9 Å². The third-order valence-corrected chi connectivity index (χ3v) is 8.39. The summed E-state index contributed by atoms with van der Waals surface area (Å²) in [5, 5.41) is 12.2. The van der Waals surface area contributed by atoms with Crippen LogP contribution in [0.15, 0.2) is 66.4 Å². The topological polar surface area (TPSA) is 106 Å². The Morgan fingerprint density at radius 1 is 1.05 bits per heavy atom. The summed E-state index contributed by atoms with van der Waals surface area (Å²) in [6.07, 6.45) is 3.64. The van der Waals surface area contributed by atoms with Crippen LogP contribution >= 0.6 is 11.3 Å². The molecule has 0 bridgehead atoms. The van der Waals surface area contributed by atoms with Gasteiger partial charge in [0.25, 0.3) is 5.78 Å². The number of thiazole rings is 1. The number of carbonyl (C=O) groups excluding carboxylic acids is 2. The van der Waals surface area contributed by atoms with Crippen LogP contribution in [0, 0.1) is 13.8 Å². The minimum Gasteiger partial charge on any atom is -0.505 e. The molecule has 42 heavy (non-hydrogen) atoms. The summed E-state index contributed by atoms with van der Waals surface area (Å²) in [7, 11) is 1.54. The first-order valence-electron chi connectivity index (χ1n) is 13.7. The first-order chi connectivity index (χ1) is 20.3. The molecule has 4 heterocycles. The molecule has 3 aromatic heterocycles. The van der Waals surface area contributed by atoms with E-state index in [-0.39, 0.29) is 11.3 Å². The van der Waals surface area contributed by atoms with E-state index in [1.807, 2.05) is 43.3 Å². The second kappa shape index (κ2) is 10.9. The first kappa shape index (κ1) is 27.5. The number of methoxy groups -OCH3 is 1. The number of carbonyl (C=O) groups is 2. The van der Waals surface area contributed by atoms with Crippen molar-refractivity contribution >= 4 is 49.8 Å². The summed E-state index contributed by atoms with van der Waals surface area (Å²) in [6, 6.07) is 15.6. The van der Waals surface area contributed by atoms with Crippen LogP contribution in [-0.2, 0) is 9.59 Å². The molecular formula is C32H30N4O5S. The average Bonchev–Trinajstić information content (AvgIpc) is 3.63. The maximum absolute atomic E-state index is 13.8. The summed E-state index contributed by atoms with van der Waals surface area (Å²) >= 11 is 1.32. The SMILES string of the molecule is CCCCOc1ccc(C2C(=C(O)c3c(C)nc4ccccn34)C(=O)C(=O)N2c2nc3ccc(C)cc3s2)cc1OC. The number of fused-ring (bicyclic) bond motifs is 2. The largest absolute Gasteiger partial charge is 0.505 e. The van der Waals surface area contributed by atoms with Crippen LogP contribution < -0.4 is 14.4 Å². The number of ether oxygens (including phenoxy) is 2. The number of aryl methyl sites for hydroxylation is 2. The molecule has 10 heteroatoms. The molecule has 0 saturated carbocycles. The second-order valence-corrected chi connectivity index (χ2v) is 11.2. The van der Waals surface area contributed by atoms with Crippen molar-refractivity contribution in [3.8, 4) is 11.5 Å². The molecular weight excluding hydrogens is 552 g/mol. The van der Waals surface area contributed by atoms with E-state index in [2.05, 4.69) is 11.9 Å². The fourth-order valence-electron chi connectivity index (χ4n) is 5.29. The van der Waals surface area contributed by atoms with Crippen LogP contribution in [0.3, 0.4) is 0 Å². The summed E-state index contributed by atoms with van der Waals surface area (Å²) in [5.74, 6) is -0.873. The minimum atomic E-state index is -0.973. The molecule has 9 nitrogen and oxygen atoms in total. The highest BCUT2D eigenvalue weighted by Crippen LogP contribution is 2.46. The van der Waals surface area contributed by atoms with Crippen LogP contribution in [0.1, 0.15) is 48.3 Å². The van der Waals surface area contributed by atoms with Crippen LogP contribution in [0.5, 0.6) is 11.5 Å². The molecule has 1 unspecified atom stereocenters. The lowest BCUT2D eigenvalue weighted by atomic mass is 9.96. The van der Waals surface area contributed by atoms with Gasteiger partial charge >= 0.3 is 5.91 Å². The van der Waals surface area contributed by atoms with E-state index in [1.54, 1.807) is 42.8 Å². The zero-order chi connectivity index (χ0) is 29.5. The van der Waals surface area contributed by atoms with Crippen molar-refractivity contribution in [2.24, 2.45) is 0 Å². The van der Waals surface area contributed by atoms with E-state index in [0.29, 0.717) is 45.8 Å². The predicted molar refractivity (Wildman–Crippen MR) is 162 cm³/mol. The number of imidazole rings is 1. The van der Waals surface area contributed by atoms with Crippen molar-refractivity contribution in [1.82, 2.24) is 14.4 Å². The molecule has 2 aromatic carbocycles. The molecule has 1 fully saturated rings. The number of aliphatic hydroxyl groups is 1. The normalized spacial score (nSPS) is 16.6. The standard InChI is InChI=1S/C32H30N4O5S/c1-5-6-15-41-22-13-11-20(17-23(22)40-4)28-26(29(37)27-19(3)33-25-9-7-8-14-35(25)27)30(38)31(39)36(28)32-34-21-12-10-18(2)16-24(21)42-32/h7-14,16-17,28,37H,5-6,15H2,1-4H3. The number of benzene rings is 2. The Hall–Kier alpha value is -4.70. The summed E-state index contributed by atoms with van der Waals surface area (Å²) in [5.41, 5.74) is 3.78. The summed E-state index contributed by atoms with van der Waals surface area (Å²) < 4.78 is 14.2.